The van der Waals surface area contributed by atoms with Crippen molar-refractivity contribution in [2.45, 2.75) is 26.3 Å². The fourth-order valence-corrected chi connectivity index (χ4v) is 1.41. The summed E-state index contributed by atoms with van der Waals surface area (Å²) in [5.74, 6) is 0. The standard InChI is InChI=1S/C12H16N2/c1-3-4-11-5-7-12(8-6-11)9-14(2)10-13/h5-8H,3-4,9H2,1-2H3. The zero-order valence-electron chi connectivity index (χ0n) is 8.83. The Bertz CT molecular complexity index is 308. The first-order chi connectivity index (χ1) is 6.76. The van der Waals surface area contributed by atoms with Crippen molar-refractivity contribution in [3.05, 3.63) is 35.4 Å². The maximum Gasteiger partial charge on any atom is 0.179 e. The molecule has 0 bridgehead atoms. The van der Waals surface area contributed by atoms with Crippen molar-refractivity contribution >= 4 is 0 Å². The average Bonchev–Trinajstić information content (AvgIpc) is 2.21. The van der Waals surface area contributed by atoms with E-state index < -0.39 is 0 Å². The lowest BCUT2D eigenvalue weighted by Crippen LogP contribution is -2.09. The van der Waals surface area contributed by atoms with Crippen molar-refractivity contribution in [3.8, 4) is 6.19 Å². The summed E-state index contributed by atoms with van der Waals surface area (Å²) in [5, 5.41) is 8.61. The van der Waals surface area contributed by atoms with Crippen LogP contribution in [0.4, 0.5) is 0 Å². The Balaban J connectivity index is 2.60. The second-order valence-corrected chi connectivity index (χ2v) is 3.52. The molecule has 0 amide bonds. The first kappa shape index (κ1) is 10.6. The normalized spacial score (nSPS) is 9.50. The highest BCUT2D eigenvalue weighted by Crippen LogP contribution is 2.07. The van der Waals surface area contributed by atoms with Gasteiger partial charge in [-0.05, 0) is 17.5 Å². The molecule has 0 N–H and O–H groups in total. The third kappa shape index (κ3) is 3.10. The summed E-state index contributed by atoms with van der Waals surface area (Å²) in [6.07, 6.45) is 4.40. The Morgan fingerprint density at radius 1 is 1.21 bits per heavy atom. The maximum atomic E-state index is 8.61. The van der Waals surface area contributed by atoms with E-state index in [1.54, 1.807) is 11.9 Å². The van der Waals surface area contributed by atoms with Gasteiger partial charge < -0.3 is 4.90 Å². The minimum atomic E-state index is 0.697. The van der Waals surface area contributed by atoms with E-state index in [0.29, 0.717) is 6.54 Å². The Morgan fingerprint density at radius 3 is 2.29 bits per heavy atom. The molecule has 0 aliphatic carbocycles. The van der Waals surface area contributed by atoms with E-state index in [4.69, 9.17) is 5.26 Å². The molecule has 2 nitrogen and oxygen atoms in total. The lowest BCUT2D eigenvalue weighted by Gasteiger charge is -2.08. The van der Waals surface area contributed by atoms with Gasteiger partial charge in [-0.3, -0.25) is 0 Å². The molecule has 0 unspecified atom stereocenters. The average molecular weight is 188 g/mol. The zero-order chi connectivity index (χ0) is 10.4. The summed E-state index contributed by atoms with van der Waals surface area (Å²) in [5.41, 5.74) is 2.56. The zero-order valence-corrected chi connectivity index (χ0v) is 8.83. The van der Waals surface area contributed by atoms with Crippen LogP contribution in [0.15, 0.2) is 24.3 Å². The smallest absolute Gasteiger partial charge is 0.179 e. The van der Waals surface area contributed by atoms with Gasteiger partial charge >= 0.3 is 0 Å². The Kier molecular flexibility index (Phi) is 4.00. The number of hydrogen-bond acceptors (Lipinski definition) is 2. The van der Waals surface area contributed by atoms with Crippen molar-refractivity contribution in [1.82, 2.24) is 4.90 Å². The van der Waals surface area contributed by atoms with Gasteiger partial charge in [0.2, 0.25) is 0 Å². The summed E-state index contributed by atoms with van der Waals surface area (Å²) < 4.78 is 0. The Labute approximate surface area is 85.8 Å². The van der Waals surface area contributed by atoms with E-state index in [9.17, 15) is 0 Å². The van der Waals surface area contributed by atoms with Gasteiger partial charge in [0.15, 0.2) is 6.19 Å². The number of nitriles is 1. The number of rotatable bonds is 4. The van der Waals surface area contributed by atoms with E-state index in [-0.39, 0.29) is 0 Å². The lowest BCUT2D eigenvalue weighted by molar-refractivity contribution is 0.469. The van der Waals surface area contributed by atoms with Gasteiger partial charge in [-0.25, -0.2) is 0 Å². The number of benzene rings is 1. The van der Waals surface area contributed by atoms with Gasteiger partial charge in [0.1, 0.15) is 0 Å². The predicted molar refractivity (Wildman–Crippen MR) is 57.5 cm³/mol. The topological polar surface area (TPSA) is 27.0 Å². The molecule has 0 heterocycles. The summed E-state index contributed by atoms with van der Waals surface area (Å²) in [6.45, 7) is 2.88. The van der Waals surface area contributed by atoms with Crippen molar-refractivity contribution in [2.24, 2.45) is 0 Å². The fourth-order valence-electron chi connectivity index (χ4n) is 1.41. The van der Waals surface area contributed by atoms with Crippen LogP contribution in [-0.2, 0) is 13.0 Å². The first-order valence-electron chi connectivity index (χ1n) is 4.95. The molecule has 0 spiro atoms. The third-order valence-electron chi connectivity index (χ3n) is 2.15. The number of aryl methyl sites for hydroxylation is 1. The molecule has 2 heteroatoms. The summed E-state index contributed by atoms with van der Waals surface area (Å²) >= 11 is 0. The fraction of sp³-hybridized carbons (Fsp3) is 0.417. The molecular weight excluding hydrogens is 172 g/mol. The largest absolute Gasteiger partial charge is 0.309 e. The van der Waals surface area contributed by atoms with E-state index in [2.05, 4.69) is 37.4 Å². The van der Waals surface area contributed by atoms with Crippen LogP contribution < -0.4 is 0 Å². The minimum Gasteiger partial charge on any atom is -0.309 e. The molecule has 1 rings (SSSR count). The number of nitrogens with zero attached hydrogens (tertiary/aromatic N) is 2. The van der Waals surface area contributed by atoms with Crippen LogP contribution >= 0.6 is 0 Å². The summed E-state index contributed by atoms with van der Waals surface area (Å²) in [7, 11) is 1.79. The summed E-state index contributed by atoms with van der Waals surface area (Å²) in [6, 6.07) is 8.48. The molecule has 0 saturated carbocycles. The second-order valence-electron chi connectivity index (χ2n) is 3.52. The predicted octanol–water partition coefficient (Wildman–Crippen LogP) is 2.55. The van der Waals surface area contributed by atoms with Gasteiger partial charge in [0.05, 0.1) is 6.54 Å². The van der Waals surface area contributed by atoms with Gasteiger partial charge in [-0.1, -0.05) is 37.6 Å². The van der Waals surface area contributed by atoms with Gasteiger partial charge in [0, 0.05) is 7.05 Å². The molecule has 74 valence electrons. The van der Waals surface area contributed by atoms with Gasteiger partial charge in [0.25, 0.3) is 0 Å². The molecule has 0 radical (unpaired) electrons. The maximum absolute atomic E-state index is 8.61. The minimum absolute atomic E-state index is 0.697. The van der Waals surface area contributed by atoms with Crippen molar-refractivity contribution in [1.29, 1.82) is 5.26 Å². The SMILES string of the molecule is CCCc1ccc(CN(C)C#N)cc1. The lowest BCUT2D eigenvalue weighted by atomic mass is 10.1. The molecule has 0 atom stereocenters. The van der Waals surface area contributed by atoms with Gasteiger partial charge in [-0.15, -0.1) is 0 Å². The van der Waals surface area contributed by atoms with Crippen molar-refractivity contribution < 1.29 is 0 Å². The number of hydrogen-bond donors (Lipinski definition) is 0. The highest BCUT2D eigenvalue weighted by atomic mass is 15.1. The van der Waals surface area contributed by atoms with Crippen molar-refractivity contribution in [2.75, 3.05) is 7.05 Å². The molecule has 0 aliphatic heterocycles. The van der Waals surface area contributed by atoms with Crippen LogP contribution in [0.3, 0.4) is 0 Å². The second kappa shape index (κ2) is 5.29. The van der Waals surface area contributed by atoms with E-state index >= 15 is 0 Å². The van der Waals surface area contributed by atoms with Crippen LogP contribution in [0.25, 0.3) is 0 Å². The molecule has 1 aromatic carbocycles. The monoisotopic (exact) mass is 188 g/mol. The quantitative estimate of drug-likeness (QED) is 0.536. The van der Waals surface area contributed by atoms with E-state index in [1.807, 2.05) is 0 Å². The third-order valence-corrected chi connectivity index (χ3v) is 2.15. The van der Waals surface area contributed by atoms with Crippen LogP contribution in [0.1, 0.15) is 24.5 Å². The molecular formula is C12H16N2. The van der Waals surface area contributed by atoms with Crippen LogP contribution in [0.5, 0.6) is 0 Å². The molecule has 14 heavy (non-hydrogen) atoms. The Morgan fingerprint density at radius 2 is 1.79 bits per heavy atom. The van der Waals surface area contributed by atoms with E-state index in [1.165, 1.54) is 17.5 Å². The molecule has 0 fully saturated rings. The van der Waals surface area contributed by atoms with Crippen molar-refractivity contribution in [3.63, 3.8) is 0 Å². The summed E-state index contributed by atoms with van der Waals surface area (Å²) in [4.78, 5) is 1.62. The molecule has 0 aromatic heterocycles. The van der Waals surface area contributed by atoms with E-state index in [0.717, 1.165) is 6.42 Å². The van der Waals surface area contributed by atoms with Gasteiger partial charge in [-0.2, -0.15) is 5.26 Å². The highest BCUT2D eigenvalue weighted by molar-refractivity contribution is 5.22. The highest BCUT2D eigenvalue weighted by Gasteiger charge is 1.97. The van der Waals surface area contributed by atoms with Crippen LogP contribution in [-0.4, -0.2) is 11.9 Å². The molecule has 0 aliphatic rings. The van der Waals surface area contributed by atoms with Crippen LogP contribution in [0, 0.1) is 11.5 Å². The Hall–Kier alpha value is -1.49. The van der Waals surface area contributed by atoms with Crippen LogP contribution in [0.2, 0.25) is 0 Å². The first-order valence-corrected chi connectivity index (χ1v) is 4.95. The molecule has 1 aromatic rings. The molecule has 0 saturated heterocycles.